The van der Waals surface area contributed by atoms with Gasteiger partial charge >= 0.3 is 11.7 Å². The number of hydrogen-bond acceptors (Lipinski definition) is 7. The standard InChI is InChI=1S/C25H23N5O5/c1-2-35-24(33)18-10-6-7-11-19(18)28-20(31)16-30-22-21(26-13-14-27-22)23(32)29(25(30)34)15-12-17-8-4-3-5-9-17/h3-11,13-14H,2,12,15-16H2,1H3,(H,28,31). The topological polar surface area (TPSA) is 125 Å². The summed E-state index contributed by atoms with van der Waals surface area (Å²) in [7, 11) is 0. The molecule has 2 aromatic heterocycles. The fourth-order valence-corrected chi connectivity index (χ4v) is 3.67. The van der Waals surface area contributed by atoms with Gasteiger partial charge in [0.2, 0.25) is 5.91 Å². The van der Waals surface area contributed by atoms with Crippen LogP contribution in [0, 0.1) is 0 Å². The van der Waals surface area contributed by atoms with Gasteiger partial charge < -0.3 is 10.1 Å². The molecule has 0 fully saturated rings. The second kappa shape index (κ2) is 10.6. The molecule has 0 atom stereocenters. The van der Waals surface area contributed by atoms with E-state index in [1.807, 2.05) is 30.3 Å². The lowest BCUT2D eigenvalue weighted by Crippen LogP contribution is -2.42. The van der Waals surface area contributed by atoms with E-state index in [0.29, 0.717) is 6.42 Å². The molecule has 0 aliphatic rings. The molecule has 178 valence electrons. The van der Waals surface area contributed by atoms with Crippen LogP contribution in [0.15, 0.2) is 76.6 Å². The number of para-hydroxylation sites is 1. The zero-order chi connectivity index (χ0) is 24.8. The molecule has 35 heavy (non-hydrogen) atoms. The minimum Gasteiger partial charge on any atom is -0.462 e. The summed E-state index contributed by atoms with van der Waals surface area (Å²) in [6, 6.07) is 15.8. The Labute approximate surface area is 199 Å². The molecule has 2 heterocycles. The number of amides is 1. The number of benzene rings is 2. The summed E-state index contributed by atoms with van der Waals surface area (Å²) in [6.45, 7) is 1.55. The second-order valence-electron chi connectivity index (χ2n) is 7.60. The van der Waals surface area contributed by atoms with Gasteiger partial charge in [-0.1, -0.05) is 42.5 Å². The minimum absolute atomic E-state index is 0.00675. The third-order valence-corrected chi connectivity index (χ3v) is 5.31. The number of anilines is 1. The molecule has 0 saturated heterocycles. The molecule has 10 nitrogen and oxygen atoms in total. The maximum absolute atomic E-state index is 13.3. The summed E-state index contributed by atoms with van der Waals surface area (Å²) >= 11 is 0. The molecule has 2 aromatic carbocycles. The largest absolute Gasteiger partial charge is 0.462 e. The van der Waals surface area contributed by atoms with Gasteiger partial charge in [-0.05, 0) is 31.0 Å². The van der Waals surface area contributed by atoms with Crippen molar-refractivity contribution in [2.45, 2.75) is 26.4 Å². The number of ether oxygens (including phenoxy) is 1. The first-order chi connectivity index (χ1) is 17.0. The van der Waals surface area contributed by atoms with E-state index in [2.05, 4.69) is 15.3 Å². The van der Waals surface area contributed by atoms with Gasteiger partial charge in [0.1, 0.15) is 6.54 Å². The number of hydrogen-bond donors (Lipinski definition) is 1. The number of nitrogens with one attached hydrogen (secondary N) is 1. The quantitative estimate of drug-likeness (QED) is 0.388. The maximum atomic E-state index is 13.3. The van der Waals surface area contributed by atoms with E-state index in [9.17, 15) is 19.2 Å². The Bertz CT molecular complexity index is 1490. The van der Waals surface area contributed by atoms with Crippen molar-refractivity contribution in [3.05, 3.63) is 99.0 Å². The fourth-order valence-electron chi connectivity index (χ4n) is 3.67. The highest BCUT2D eigenvalue weighted by atomic mass is 16.5. The molecule has 0 saturated carbocycles. The molecule has 4 rings (SSSR count). The number of nitrogens with zero attached hydrogens (tertiary/aromatic N) is 4. The summed E-state index contributed by atoms with van der Waals surface area (Å²) in [4.78, 5) is 59.6. The smallest absolute Gasteiger partial charge is 0.340 e. The lowest BCUT2D eigenvalue weighted by Gasteiger charge is -2.14. The van der Waals surface area contributed by atoms with Gasteiger partial charge in [-0.3, -0.25) is 18.7 Å². The van der Waals surface area contributed by atoms with Crippen LogP contribution in [0.5, 0.6) is 0 Å². The number of rotatable bonds is 8. The molecule has 4 aromatic rings. The van der Waals surface area contributed by atoms with Gasteiger partial charge in [0.15, 0.2) is 11.2 Å². The predicted octanol–water partition coefficient (Wildman–Crippen LogP) is 2.01. The number of fused-ring (bicyclic) bond motifs is 1. The van der Waals surface area contributed by atoms with Crippen molar-refractivity contribution in [2.24, 2.45) is 0 Å². The van der Waals surface area contributed by atoms with Gasteiger partial charge in [-0.2, -0.15) is 0 Å². The van der Waals surface area contributed by atoms with E-state index in [1.165, 1.54) is 18.5 Å². The van der Waals surface area contributed by atoms with Crippen LogP contribution < -0.4 is 16.6 Å². The molecule has 0 bridgehead atoms. The Morgan fingerprint density at radius 2 is 1.66 bits per heavy atom. The summed E-state index contributed by atoms with van der Waals surface area (Å²) < 4.78 is 7.20. The van der Waals surface area contributed by atoms with Crippen molar-refractivity contribution in [3.8, 4) is 0 Å². The summed E-state index contributed by atoms with van der Waals surface area (Å²) in [5.74, 6) is -1.16. The Morgan fingerprint density at radius 1 is 0.943 bits per heavy atom. The second-order valence-corrected chi connectivity index (χ2v) is 7.60. The average molecular weight is 473 g/mol. The average Bonchev–Trinajstić information content (AvgIpc) is 2.87. The Balaban J connectivity index is 1.67. The highest BCUT2D eigenvalue weighted by Crippen LogP contribution is 2.16. The summed E-state index contributed by atoms with van der Waals surface area (Å²) in [5, 5.41) is 2.65. The lowest BCUT2D eigenvalue weighted by atomic mass is 10.1. The van der Waals surface area contributed by atoms with Crippen LogP contribution in [-0.4, -0.2) is 37.6 Å². The van der Waals surface area contributed by atoms with Crippen molar-refractivity contribution in [3.63, 3.8) is 0 Å². The number of esters is 1. The number of aryl methyl sites for hydroxylation is 1. The number of aromatic nitrogens is 4. The van der Waals surface area contributed by atoms with Gasteiger partial charge in [-0.15, -0.1) is 0 Å². The Kier molecular flexibility index (Phi) is 7.10. The highest BCUT2D eigenvalue weighted by molar-refractivity contribution is 6.01. The van der Waals surface area contributed by atoms with E-state index < -0.39 is 29.7 Å². The first-order valence-electron chi connectivity index (χ1n) is 11.0. The normalized spacial score (nSPS) is 10.8. The molecule has 10 heteroatoms. The van der Waals surface area contributed by atoms with Gasteiger partial charge in [0.25, 0.3) is 5.56 Å². The highest BCUT2D eigenvalue weighted by Gasteiger charge is 2.19. The molecule has 0 aliphatic carbocycles. The van der Waals surface area contributed by atoms with Crippen molar-refractivity contribution >= 4 is 28.7 Å². The number of carbonyl (C=O) groups is 2. The molecular weight excluding hydrogens is 450 g/mol. The third-order valence-electron chi connectivity index (χ3n) is 5.31. The van der Waals surface area contributed by atoms with Crippen LogP contribution in [0.3, 0.4) is 0 Å². The summed E-state index contributed by atoms with van der Waals surface area (Å²) in [6.07, 6.45) is 3.15. The third kappa shape index (κ3) is 5.16. The van der Waals surface area contributed by atoms with Crippen LogP contribution in [0.2, 0.25) is 0 Å². The summed E-state index contributed by atoms with van der Waals surface area (Å²) in [5.41, 5.74) is 0.139. The van der Waals surface area contributed by atoms with Crippen LogP contribution in [0.25, 0.3) is 11.2 Å². The number of carbonyl (C=O) groups excluding carboxylic acids is 2. The van der Waals surface area contributed by atoms with Gasteiger partial charge in [0.05, 0.1) is 17.9 Å². The molecule has 0 unspecified atom stereocenters. The van der Waals surface area contributed by atoms with Crippen LogP contribution in [0.1, 0.15) is 22.8 Å². The van der Waals surface area contributed by atoms with E-state index in [4.69, 9.17) is 4.74 Å². The predicted molar refractivity (Wildman–Crippen MR) is 129 cm³/mol. The van der Waals surface area contributed by atoms with Crippen molar-refractivity contribution in [2.75, 3.05) is 11.9 Å². The molecule has 0 spiro atoms. The van der Waals surface area contributed by atoms with E-state index in [1.54, 1.807) is 25.1 Å². The molecule has 1 amide bonds. The van der Waals surface area contributed by atoms with Crippen LogP contribution in [0.4, 0.5) is 5.69 Å². The van der Waals surface area contributed by atoms with Gasteiger partial charge in [0, 0.05) is 18.9 Å². The molecule has 0 radical (unpaired) electrons. The zero-order valence-electron chi connectivity index (χ0n) is 19.0. The minimum atomic E-state index is -0.673. The van der Waals surface area contributed by atoms with Crippen molar-refractivity contribution in [1.82, 2.24) is 19.1 Å². The first-order valence-corrected chi connectivity index (χ1v) is 11.0. The molecule has 0 aliphatic heterocycles. The fraction of sp³-hybridized carbons (Fsp3) is 0.200. The van der Waals surface area contributed by atoms with E-state index >= 15 is 0 Å². The molecular formula is C25H23N5O5. The van der Waals surface area contributed by atoms with Crippen LogP contribution in [-0.2, 0) is 29.0 Å². The van der Waals surface area contributed by atoms with Crippen molar-refractivity contribution in [1.29, 1.82) is 0 Å². The Hall–Kier alpha value is -4.60. The maximum Gasteiger partial charge on any atom is 0.340 e. The monoisotopic (exact) mass is 473 g/mol. The Morgan fingerprint density at radius 3 is 2.43 bits per heavy atom. The zero-order valence-corrected chi connectivity index (χ0v) is 19.0. The van der Waals surface area contributed by atoms with E-state index in [0.717, 1.165) is 14.7 Å². The van der Waals surface area contributed by atoms with Gasteiger partial charge in [-0.25, -0.2) is 19.6 Å². The SMILES string of the molecule is CCOC(=O)c1ccccc1NC(=O)Cn1c(=O)n(CCc2ccccc2)c(=O)c2nccnc21. The first kappa shape index (κ1) is 23.6. The lowest BCUT2D eigenvalue weighted by molar-refractivity contribution is -0.116. The van der Waals surface area contributed by atoms with Crippen molar-refractivity contribution < 1.29 is 14.3 Å². The van der Waals surface area contributed by atoms with E-state index in [-0.39, 0.29) is 35.6 Å². The molecule has 1 N–H and O–H groups in total. The van der Waals surface area contributed by atoms with Crippen LogP contribution >= 0.6 is 0 Å².